The van der Waals surface area contributed by atoms with Gasteiger partial charge in [-0.25, -0.2) is 0 Å². The summed E-state index contributed by atoms with van der Waals surface area (Å²) in [6.07, 6.45) is 6.75. The van der Waals surface area contributed by atoms with Crippen LogP contribution in [-0.4, -0.2) is 55.0 Å². The third-order valence-electron chi connectivity index (χ3n) is 7.06. The van der Waals surface area contributed by atoms with Crippen molar-refractivity contribution in [2.75, 3.05) is 13.6 Å². The van der Waals surface area contributed by atoms with Crippen LogP contribution in [0.2, 0.25) is 0 Å². The predicted molar refractivity (Wildman–Crippen MR) is 95.4 cm³/mol. The van der Waals surface area contributed by atoms with Crippen LogP contribution in [0.15, 0.2) is 0 Å². The van der Waals surface area contributed by atoms with E-state index >= 15 is 0 Å². The Morgan fingerprint density at radius 3 is 2.65 bits per heavy atom. The third-order valence-corrected chi connectivity index (χ3v) is 7.06. The molecule has 0 aromatic heterocycles. The second-order valence-electron chi connectivity index (χ2n) is 8.47. The number of ketones is 1. The van der Waals surface area contributed by atoms with Gasteiger partial charge in [-0.05, 0) is 38.6 Å². The fourth-order valence-electron chi connectivity index (χ4n) is 5.59. The van der Waals surface area contributed by atoms with Crippen LogP contribution in [0.3, 0.4) is 0 Å². The number of fused-ring (bicyclic) bond motifs is 2. The first-order chi connectivity index (χ1) is 12.6. The smallest absolute Gasteiger partial charge is 0.309 e. The highest BCUT2D eigenvalue weighted by Crippen LogP contribution is 2.40. The lowest BCUT2D eigenvalue weighted by Crippen LogP contribution is -2.68. The van der Waals surface area contributed by atoms with E-state index in [1.54, 1.807) is 7.05 Å². The van der Waals surface area contributed by atoms with E-state index in [2.05, 4.69) is 16.0 Å². The van der Waals surface area contributed by atoms with Crippen LogP contribution in [0.1, 0.15) is 44.9 Å². The fraction of sp³-hybridized carbons (Fsp3) is 0.895. The number of rotatable bonds is 3. The molecule has 4 aliphatic rings. The lowest BCUT2D eigenvalue weighted by Gasteiger charge is -2.50. The van der Waals surface area contributed by atoms with Crippen molar-refractivity contribution in [3.63, 3.8) is 0 Å². The number of aliphatic carboxylic acids is 1. The zero-order valence-corrected chi connectivity index (χ0v) is 15.4. The number of ether oxygens (including phenoxy) is 1. The van der Waals surface area contributed by atoms with Crippen LogP contribution in [-0.2, 0) is 14.3 Å². The molecule has 1 saturated carbocycles. The molecule has 0 spiro atoms. The minimum Gasteiger partial charge on any atom is -0.481 e. The highest BCUT2D eigenvalue weighted by molar-refractivity contribution is 5.86. The van der Waals surface area contributed by atoms with Crippen molar-refractivity contribution in [1.29, 1.82) is 0 Å². The van der Waals surface area contributed by atoms with E-state index in [0.717, 1.165) is 13.0 Å². The maximum absolute atomic E-state index is 13.2. The Kier molecular flexibility index (Phi) is 5.32. The van der Waals surface area contributed by atoms with Gasteiger partial charge in [-0.1, -0.05) is 19.3 Å². The number of carbonyl (C=O) groups is 2. The molecule has 0 bridgehead atoms. The summed E-state index contributed by atoms with van der Waals surface area (Å²) in [6.45, 7) is 0.717. The number of hydrogen-bond donors (Lipinski definition) is 4. The summed E-state index contributed by atoms with van der Waals surface area (Å²) in [6, 6.07) is 0.400. The Balaban J connectivity index is 1.46. The van der Waals surface area contributed by atoms with Gasteiger partial charge in [0.1, 0.15) is 12.0 Å². The molecule has 4 N–H and O–H groups in total. The average molecular weight is 365 g/mol. The zero-order valence-electron chi connectivity index (χ0n) is 15.4. The molecule has 26 heavy (non-hydrogen) atoms. The van der Waals surface area contributed by atoms with Gasteiger partial charge in [0.05, 0.1) is 24.1 Å². The van der Waals surface area contributed by atoms with Crippen LogP contribution in [0.5, 0.6) is 0 Å². The number of carboxylic acids is 1. The summed E-state index contributed by atoms with van der Waals surface area (Å²) in [5.74, 6) is -1.04. The van der Waals surface area contributed by atoms with Crippen molar-refractivity contribution >= 4 is 11.8 Å². The van der Waals surface area contributed by atoms with Gasteiger partial charge in [-0.2, -0.15) is 0 Å². The number of hydrogen-bond acceptors (Lipinski definition) is 6. The second-order valence-corrected chi connectivity index (χ2v) is 8.47. The summed E-state index contributed by atoms with van der Waals surface area (Å²) >= 11 is 0. The van der Waals surface area contributed by atoms with E-state index < -0.39 is 11.9 Å². The normalized spacial score (nSPS) is 44.2. The molecule has 0 aromatic rings. The van der Waals surface area contributed by atoms with Gasteiger partial charge < -0.3 is 20.5 Å². The first kappa shape index (κ1) is 18.3. The van der Waals surface area contributed by atoms with Gasteiger partial charge in [0.2, 0.25) is 0 Å². The Hall–Kier alpha value is -1.02. The van der Waals surface area contributed by atoms with Gasteiger partial charge in [-0.15, -0.1) is 0 Å². The monoisotopic (exact) mass is 365 g/mol. The minimum atomic E-state index is -0.865. The summed E-state index contributed by atoms with van der Waals surface area (Å²) in [5.41, 5.74) is 0. The molecule has 7 nitrogen and oxygen atoms in total. The minimum absolute atomic E-state index is 0.0909. The molecular formula is C19H31N3O4. The Bertz CT molecular complexity index is 551. The predicted octanol–water partition coefficient (Wildman–Crippen LogP) is 0.695. The number of piperidine rings is 2. The van der Waals surface area contributed by atoms with E-state index in [4.69, 9.17) is 4.74 Å². The topological polar surface area (TPSA) is 99.7 Å². The third kappa shape index (κ3) is 3.30. The number of carbonyl (C=O) groups excluding carboxylic acids is 1. The Labute approximate surface area is 154 Å². The maximum Gasteiger partial charge on any atom is 0.309 e. The molecule has 7 unspecified atom stereocenters. The standard InChI is InChI=1S/C19H31N3O4/c1-20-17-13(19(24)25)7-12-16(23)11-8-14(10-5-3-2-4-6-10)21-9-15(11)26-18(12)22-17/h10-15,17-18,20-22H,2-9H2,1H3,(H,24,25). The largest absolute Gasteiger partial charge is 0.481 e. The molecule has 146 valence electrons. The molecule has 1 aliphatic carbocycles. The highest BCUT2D eigenvalue weighted by atomic mass is 16.5. The SMILES string of the molecule is CNC1NC2OC3CNC(C4CCCCC4)CC3C(=O)C2CC1C(=O)O. The number of carboxylic acid groups (broad SMARTS) is 1. The van der Waals surface area contributed by atoms with Crippen molar-refractivity contribution in [2.24, 2.45) is 23.7 Å². The maximum atomic E-state index is 13.2. The van der Waals surface area contributed by atoms with E-state index in [9.17, 15) is 14.7 Å². The number of Topliss-reactive ketones (excluding diaryl/α,β-unsaturated/α-hetero) is 1. The summed E-state index contributed by atoms with van der Waals surface area (Å²) in [5, 5.41) is 19.4. The molecule has 0 aromatic carbocycles. The zero-order chi connectivity index (χ0) is 18.3. The fourth-order valence-corrected chi connectivity index (χ4v) is 5.59. The summed E-state index contributed by atoms with van der Waals surface area (Å²) in [7, 11) is 1.73. The van der Waals surface area contributed by atoms with Crippen LogP contribution in [0.25, 0.3) is 0 Å². The Morgan fingerprint density at radius 1 is 1.19 bits per heavy atom. The van der Waals surface area contributed by atoms with Crippen LogP contribution in [0.4, 0.5) is 0 Å². The lowest BCUT2D eigenvalue weighted by molar-refractivity contribution is -0.182. The van der Waals surface area contributed by atoms with E-state index in [1.807, 2.05) is 0 Å². The van der Waals surface area contributed by atoms with Crippen molar-refractivity contribution in [2.45, 2.75) is 69.5 Å². The first-order valence-corrected chi connectivity index (χ1v) is 10.2. The van der Waals surface area contributed by atoms with Crippen LogP contribution in [0, 0.1) is 23.7 Å². The van der Waals surface area contributed by atoms with E-state index in [0.29, 0.717) is 18.4 Å². The molecule has 3 aliphatic heterocycles. The van der Waals surface area contributed by atoms with Crippen molar-refractivity contribution in [1.82, 2.24) is 16.0 Å². The van der Waals surface area contributed by atoms with Crippen molar-refractivity contribution < 1.29 is 19.4 Å². The van der Waals surface area contributed by atoms with Crippen LogP contribution >= 0.6 is 0 Å². The molecule has 3 heterocycles. The second kappa shape index (κ2) is 7.54. The van der Waals surface area contributed by atoms with Crippen molar-refractivity contribution in [3.05, 3.63) is 0 Å². The molecule has 0 radical (unpaired) electrons. The van der Waals surface area contributed by atoms with Crippen molar-refractivity contribution in [3.8, 4) is 0 Å². The molecule has 3 saturated heterocycles. The summed E-state index contributed by atoms with van der Waals surface area (Å²) < 4.78 is 6.23. The first-order valence-electron chi connectivity index (χ1n) is 10.2. The van der Waals surface area contributed by atoms with Gasteiger partial charge >= 0.3 is 5.97 Å². The summed E-state index contributed by atoms with van der Waals surface area (Å²) in [4.78, 5) is 24.8. The molecule has 7 heteroatoms. The average Bonchev–Trinajstić information content (AvgIpc) is 2.67. The lowest BCUT2D eigenvalue weighted by atomic mass is 9.71. The molecular weight excluding hydrogens is 334 g/mol. The van der Waals surface area contributed by atoms with Gasteiger partial charge in [0, 0.05) is 18.5 Å². The molecule has 4 rings (SSSR count). The van der Waals surface area contributed by atoms with Gasteiger partial charge in [-0.3, -0.25) is 14.9 Å². The van der Waals surface area contributed by atoms with Gasteiger partial charge in [0.25, 0.3) is 0 Å². The highest BCUT2D eigenvalue weighted by Gasteiger charge is 2.52. The van der Waals surface area contributed by atoms with E-state index in [-0.39, 0.29) is 36.1 Å². The molecule has 0 amide bonds. The molecule has 4 fully saturated rings. The van der Waals surface area contributed by atoms with Crippen LogP contribution < -0.4 is 16.0 Å². The van der Waals surface area contributed by atoms with Gasteiger partial charge in [0.15, 0.2) is 0 Å². The Morgan fingerprint density at radius 2 is 1.96 bits per heavy atom. The number of nitrogens with one attached hydrogen (secondary N) is 3. The van der Waals surface area contributed by atoms with E-state index in [1.165, 1.54) is 32.1 Å². The molecule has 7 atom stereocenters. The quantitative estimate of drug-likeness (QED) is 0.584.